The maximum atomic E-state index is 11.1. The van der Waals surface area contributed by atoms with E-state index in [4.69, 9.17) is 0 Å². The highest BCUT2D eigenvalue weighted by molar-refractivity contribution is 9.10. The first-order valence-corrected chi connectivity index (χ1v) is 7.71. The van der Waals surface area contributed by atoms with Crippen molar-refractivity contribution in [3.8, 4) is 0 Å². The fourth-order valence-electron chi connectivity index (χ4n) is 2.73. The zero-order chi connectivity index (χ0) is 14.1. The number of hydrogen-bond donors (Lipinski definition) is 0. The number of aldehydes is 1. The zero-order valence-electron chi connectivity index (χ0n) is 11.4. The molecular formula is C17H16BrNO. The van der Waals surface area contributed by atoms with Crippen LogP contribution in [0.4, 0.5) is 0 Å². The van der Waals surface area contributed by atoms with E-state index in [0.717, 1.165) is 29.1 Å². The smallest absolute Gasteiger partial charge is 0.151 e. The van der Waals surface area contributed by atoms with E-state index in [1.165, 1.54) is 22.8 Å². The van der Waals surface area contributed by atoms with E-state index in [1.807, 2.05) is 6.07 Å². The van der Waals surface area contributed by atoms with Gasteiger partial charge in [0.15, 0.2) is 6.29 Å². The van der Waals surface area contributed by atoms with Gasteiger partial charge in [-0.3, -0.25) is 4.79 Å². The lowest BCUT2D eigenvalue weighted by molar-refractivity contribution is 0.112. The summed E-state index contributed by atoms with van der Waals surface area (Å²) in [6.45, 7) is 3.21. The Morgan fingerprint density at radius 2 is 1.95 bits per heavy atom. The molecule has 0 unspecified atom stereocenters. The summed E-state index contributed by atoms with van der Waals surface area (Å²) in [7, 11) is 0. The number of carbonyl (C=O) groups excluding carboxylic acids is 1. The molecule has 0 N–H and O–H groups in total. The van der Waals surface area contributed by atoms with Gasteiger partial charge >= 0.3 is 0 Å². The Morgan fingerprint density at radius 1 is 1.15 bits per heavy atom. The summed E-state index contributed by atoms with van der Waals surface area (Å²) in [5.74, 6) is 0. The second kappa shape index (κ2) is 5.41. The summed E-state index contributed by atoms with van der Waals surface area (Å²) in [5, 5.41) is 2.37. The maximum Gasteiger partial charge on any atom is 0.151 e. The molecule has 0 saturated carbocycles. The third-order valence-electron chi connectivity index (χ3n) is 3.75. The molecule has 0 spiro atoms. The van der Waals surface area contributed by atoms with Crippen molar-refractivity contribution >= 4 is 44.0 Å². The molecule has 2 nitrogen and oxygen atoms in total. The van der Waals surface area contributed by atoms with Crippen molar-refractivity contribution in [1.29, 1.82) is 0 Å². The predicted molar refractivity (Wildman–Crippen MR) is 87.4 cm³/mol. The molecular weight excluding hydrogens is 314 g/mol. The van der Waals surface area contributed by atoms with Crippen molar-refractivity contribution in [2.75, 3.05) is 0 Å². The Hall–Kier alpha value is -1.61. The number of rotatable bonds is 4. The quantitative estimate of drug-likeness (QED) is 0.605. The molecule has 0 aliphatic carbocycles. The van der Waals surface area contributed by atoms with Crippen LogP contribution < -0.4 is 0 Å². The van der Waals surface area contributed by atoms with Gasteiger partial charge in [0.05, 0.1) is 5.52 Å². The number of nitrogens with zero attached hydrogens (tertiary/aromatic N) is 1. The largest absolute Gasteiger partial charge is 0.340 e. The van der Waals surface area contributed by atoms with Crippen molar-refractivity contribution in [1.82, 2.24) is 4.57 Å². The van der Waals surface area contributed by atoms with Gasteiger partial charge in [-0.1, -0.05) is 31.5 Å². The van der Waals surface area contributed by atoms with Crippen LogP contribution in [0.15, 0.2) is 40.9 Å². The molecule has 102 valence electrons. The topological polar surface area (TPSA) is 22.0 Å². The fraction of sp³-hybridized carbons (Fsp3) is 0.235. The minimum Gasteiger partial charge on any atom is -0.340 e. The van der Waals surface area contributed by atoms with Gasteiger partial charge in [-0.05, 0) is 40.5 Å². The van der Waals surface area contributed by atoms with E-state index in [0.29, 0.717) is 5.56 Å². The van der Waals surface area contributed by atoms with Gasteiger partial charge in [0.1, 0.15) is 0 Å². The van der Waals surface area contributed by atoms with E-state index < -0.39 is 0 Å². The van der Waals surface area contributed by atoms with E-state index in [2.05, 4.69) is 57.8 Å². The van der Waals surface area contributed by atoms with Crippen LogP contribution in [0.3, 0.4) is 0 Å². The molecule has 0 atom stereocenters. The minimum atomic E-state index is 0.705. The van der Waals surface area contributed by atoms with Gasteiger partial charge in [0, 0.05) is 32.9 Å². The Kier molecular flexibility index (Phi) is 3.62. The third-order valence-corrected chi connectivity index (χ3v) is 4.44. The van der Waals surface area contributed by atoms with Crippen LogP contribution in [0.1, 0.15) is 30.1 Å². The minimum absolute atomic E-state index is 0.705. The van der Waals surface area contributed by atoms with E-state index in [-0.39, 0.29) is 0 Å². The number of halogens is 1. The number of fused-ring (bicyclic) bond motifs is 3. The van der Waals surface area contributed by atoms with Crippen LogP contribution in [0, 0.1) is 0 Å². The van der Waals surface area contributed by atoms with Gasteiger partial charge in [0.25, 0.3) is 0 Å². The van der Waals surface area contributed by atoms with Crippen molar-refractivity contribution in [2.45, 2.75) is 26.3 Å². The number of hydrogen-bond acceptors (Lipinski definition) is 1. The SMILES string of the molecule is CCCCn1c2ccccc2c2cc(C=O)c(Br)cc21. The predicted octanol–water partition coefficient (Wildman–Crippen LogP) is 5.17. The molecule has 0 amide bonds. The molecule has 0 aliphatic heterocycles. The maximum absolute atomic E-state index is 11.1. The molecule has 0 saturated heterocycles. The number of para-hydroxylation sites is 1. The molecule has 1 aromatic heterocycles. The average molecular weight is 330 g/mol. The van der Waals surface area contributed by atoms with Crippen LogP contribution in [0.2, 0.25) is 0 Å². The van der Waals surface area contributed by atoms with Gasteiger partial charge in [-0.25, -0.2) is 0 Å². The molecule has 3 aromatic rings. The second-order valence-corrected chi connectivity index (χ2v) is 5.89. The first-order chi connectivity index (χ1) is 9.76. The monoisotopic (exact) mass is 329 g/mol. The highest BCUT2D eigenvalue weighted by atomic mass is 79.9. The van der Waals surface area contributed by atoms with Crippen LogP contribution in [-0.2, 0) is 6.54 Å². The summed E-state index contributed by atoms with van der Waals surface area (Å²) in [5.41, 5.74) is 3.14. The Bertz CT molecular complexity index is 788. The van der Waals surface area contributed by atoms with Crippen molar-refractivity contribution in [3.05, 3.63) is 46.4 Å². The summed E-state index contributed by atoms with van der Waals surface area (Å²) < 4.78 is 3.22. The van der Waals surface area contributed by atoms with Crippen molar-refractivity contribution in [3.63, 3.8) is 0 Å². The lowest BCUT2D eigenvalue weighted by Gasteiger charge is -2.07. The summed E-state index contributed by atoms with van der Waals surface area (Å²) in [6, 6.07) is 12.4. The van der Waals surface area contributed by atoms with Gasteiger partial charge in [-0.15, -0.1) is 0 Å². The Labute approximate surface area is 126 Å². The Morgan fingerprint density at radius 3 is 2.70 bits per heavy atom. The Balaban J connectivity index is 2.38. The number of aryl methyl sites for hydroxylation is 1. The molecule has 1 heterocycles. The summed E-state index contributed by atoms with van der Waals surface area (Å²) in [6.07, 6.45) is 3.23. The molecule has 0 bridgehead atoms. The van der Waals surface area contributed by atoms with Gasteiger partial charge < -0.3 is 4.57 Å². The standard InChI is InChI=1S/C17H16BrNO/c1-2-3-8-19-16-7-5-4-6-13(16)14-9-12(11-20)15(18)10-17(14)19/h4-7,9-11H,2-3,8H2,1H3. The van der Waals surface area contributed by atoms with E-state index >= 15 is 0 Å². The molecule has 20 heavy (non-hydrogen) atoms. The van der Waals surface area contributed by atoms with Gasteiger partial charge in [-0.2, -0.15) is 0 Å². The number of aromatic nitrogens is 1. The highest BCUT2D eigenvalue weighted by Gasteiger charge is 2.12. The highest BCUT2D eigenvalue weighted by Crippen LogP contribution is 2.32. The molecule has 0 aliphatic rings. The molecule has 3 rings (SSSR count). The van der Waals surface area contributed by atoms with Crippen molar-refractivity contribution < 1.29 is 4.79 Å². The molecule has 0 radical (unpaired) electrons. The summed E-state index contributed by atoms with van der Waals surface area (Å²) >= 11 is 3.49. The van der Waals surface area contributed by atoms with Crippen LogP contribution in [0.25, 0.3) is 21.8 Å². The molecule has 0 fully saturated rings. The lowest BCUT2D eigenvalue weighted by Crippen LogP contribution is -1.97. The molecule has 2 aromatic carbocycles. The lowest BCUT2D eigenvalue weighted by atomic mass is 10.1. The van der Waals surface area contributed by atoms with E-state index in [1.54, 1.807) is 0 Å². The second-order valence-electron chi connectivity index (χ2n) is 5.03. The average Bonchev–Trinajstić information content (AvgIpc) is 2.77. The van der Waals surface area contributed by atoms with Crippen LogP contribution in [-0.4, -0.2) is 10.9 Å². The van der Waals surface area contributed by atoms with Crippen LogP contribution in [0.5, 0.6) is 0 Å². The number of carbonyl (C=O) groups is 1. The summed E-state index contributed by atoms with van der Waals surface area (Å²) in [4.78, 5) is 11.1. The fourth-order valence-corrected chi connectivity index (χ4v) is 3.16. The normalized spacial score (nSPS) is 11.3. The van der Waals surface area contributed by atoms with Gasteiger partial charge in [0.2, 0.25) is 0 Å². The number of unbranched alkanes of at least 4 members (excludes halogenated alkanes) is 1. The first-order valence-electron chi connectivity index (χ1n) is 6.92. The zero-order valence-corrected chi connectivity index (χ0v) is 13.0. The van der Waals surface area contributed by atoms with Crippen molar-refractivity contribution in [2.24, 2.45) is 0 Å². The third kappa shape index (κ3) is 2.06. The molecule has 3 heteroatoms. The van der Waals surface area contributed by atoms with E-state index in [9.17, 15) is 4.79 Å². The van der Waals surface area contributed by atoms with Crippen LogP contribution >= 0.6 is 15.9 Å². The number of benzene rings is 2. The first kappa shape index (κ1) is 13.4.